The Morgan fingerprint density at radius 2 is 1.97 bits per heavy atom. The molecule has 1 fully saturated rings. The van der Waals surface area contributed by atoms with Crippen LogP contribution in [0.3, 0.4) is 0 Å². The zero-order valence-corrected chi connectivity index (χ0v) is 18.8. The Hall–Kier alpha value is -3.36. The first kappa shape index (κ1) is 21.9. The van der Waals surface area contributed by atoms with Crippen LogP contribution >= 0.6 is 0 Å². The minimum absolute atomic E-state index is 0.0192. The van der Waals surface area contributed by atoms with Crippen LogP contribution in [-0.4, -0.2) is 61.2 Å². The first-order valence-corrected chi connectivity index (χ1v) is 10.6. The summed E-state index contributed by atoms with van der Waals surface area (Å²) >= 11 is 0. The number of aromatic nitrogens is 2. The maximum atomic E-state index is 13.0. The summed E-state index contributed by atoms with van der Waals surface area (Å²) in [6.45, 7) is 4.95. The summed E-state index contributed by atoms with van der Waals surface area (Å²) in [5.41, 5.74) is 0.198. The number of ether oxygens (including phenoxy) is 4. The molecule has 1 spiro atoms. The van der Waals surface area contributed by atoms with Gasteiger partial charge in [-0.1, -0.05) is 0 Å². The lowest BCUT2D eigenvalue weighted by molar-refractivity contribution is 0.0207. The molecule has 0 saturated carbocycles. The van der Waals surface area contributed by atoms with Gasteiger partial charge in [-0.15, -0.1) is 0 Å². The van der Waals surface area contributed by atoms with Crippen molar-refractivity contribution in [1.82, 2.24) is 9.97 Å². The average molecular weight is 441 g/mol. The first-order valence-electron chi connectivity index (χ1n) is 10.6. The Kier molecular flexibility index (Phi) is 5.90. The van der Waals surface area contributed by atoms with Gasteiger partial charge in [0.15, 0.2) is 17.3 Å². The highest BCUT2D eigenvalue weighted by atomic mass is 16.5. The molecule has 9 heteroatoms. The van der Waals surface area contributed by atoms with Gasteiger partial charge in [-0.25, -0.2) is 14.8 Å². The third kappa shape index (κ3) is 3.83. The number of carbonyl (C=O) groups excluding carboxylic acids is 2. The van der Waals surface area contributed by atoms with Crippen LogP contribution in [0.4, 0.5) is 5.82 Å². The second-order valence-corrected chi connectivity index (χ2v) is 7.92. The Balaban J connectivity index is 1.59. The van der Waals surface area contributed by atoms with Crippen molar-refractivity contribution in [2.24, 2.45) is 0 Å². The van der Waals surface area contributed by atoms with Crippen LogP contribution in [0.1, 0.15) is 52.7 Å². The lowest BCUT2D eigenvalue weighted by Crippen LogP contribution is -2.51. The first-order chi connectivity index (χ1) is 15.4. The third-order valence-electron chi connectivity index (χ3n) is 5.96. The smallest absolute Gasteiger partial charge is 0.343 e. The van der Waals surface area contributed by atoms with E-state index in [1.165, 1.54) is 13.3 Å². The number of methoxy groups -OCH3 is 2. The van der Waals surface area contributed by atoms with Gasteiger partial charge in [-0.05, 0) is 26.0 Å². The zero-order valence-electron chi connectivity index (χ0n) is 18.8. The number of hydrogen-bond donors (Lipinski definition) is 0. The van der Waals surface area contributed by atoms with Gasteiger partial charge in [-0.2, -0.15) is 0 Å². The summed E-state index contributed by atoms with van der Waals surface area (Å²) in [6, 6.07) is 3.43. The van der Waals surface area contributed by atoms with Crippen molar-refractivity contribution < 1.29 is 28.5 Å². The molecular formula is C23H27N3O6. The quantitative estimate of drug-likeness (QED) is 0.648. The summed E-state index contributed by atoms with van der Waals surface area (Å²) in [5, 5.41) is 0. The highest BCUT2D eigenvalue weighted by Crippen LogP contribution is 2.48. The fourth-order valence-corrected chi connectivity index (χ4v) is 4.32. The molecule has 1 aromatic heterocycles. The number of hydrogen-bond acceptors (Lipinski definition) is 9. The molecule has 4 rings (SSSR count). The number of rotatable bonds is 5. The van der Waals surface area contributed by atoms with Crippen LogP contribution in [0.2, 0.25) is 0 Å². The van der Waals surface area contributed by atoms with E-state index in [1.54, 1.807) is 33.1 Å². The molecule has 1 saturated heterocycles. The van der Waals surface area contributed by atoms with E-state index < -0.39 is 11.6 Å². The van der Waals surface area contributed by atoms with Crippen LogP contribution in [0, 0.1) is 6.92 Å². The van der Waals surface area contributed by atoms with E-state index in [0.29, 0.717) is 65.9 Å². The van der Waals surface area contributed by atoms with E-state index >= 15 is 0 Å². The van der Waals surface area contributed by atoms with Crippen molar-refractivity contribution in [2.75, 3.05) is 38.8 Å². The number of piperidine rings is 1. The van der Waals surface area contributed by atoms with E-state index in [-0.39, 0.29) is 18.8 Å². The number of aryl methyl sites for hydroxylation is 1. The fourth-order valence-electron chi connectivity index (χ4n) is 4.32. The predicted molar refractivity (Wildman–Crippen MR) is 116 cm³/mol. The van der Waals surface area contributed by atoms with Crippen molar-refractivity contribution >= 4 is 17.6 Å². The van der Waals surface area contributed by atoms with E-state index in [2.05, 4.69) is 9.97 Å². The lowest BCUT2D eigenvalue weighted by Gasteiger charge is -2.44. The minimum atomic E-state index is -0.646. The molecule has 0 radical (unpaired) electrons. The number of ketones is 1. The number of Topliss-reactive ketones (excluding diaryl/α,β-unsaturated/α-hetero) is 1. The molecule has 170 valence electrons. The molecule has 2 aliphatic rings. The molecule has 9 nitrogen and oxygen atoms in total. The van der Waals surface area contributed by atoms with Crippen LogP contribution < -0.4 is 19.1 Å². The SMILES string of the molecule is CCOC(=O)c1cnc(C)nc1N1CCC2(CC1)CC(=O)c1ccc(OC)c(OC)c1O2. The maximum absolute atomic E-state index is 13.0. The standard InChI is InChI=1S/C23H27N3O6/c1-5-31-22(28)16-13-24-14(2)25-21(16)26-10-8-23(9-11-26)12-17(27)15-6-7-18(29-3)20(30-4)19(15)32-23/h6-7,13H,5,8-12H2,1-4H3. The van der Waals surface area contributed by atoms with Crippen LogP contribution in [0.15, 0.2) is 18.3 Å². The van der Waals surface area contributed by atoms with Crippen LogP contribution in [0.5, 0.6) is 17.2 Å². The second kappa shape index (κ2) is 8.64. The highest BCUT2D eigenvalue weighted by molar-refractivity contribution is 6.01. The largest absolute Gasteiger partial charge is 0.493 e. The molecule has 3 heterocycles. The van der Waals surface area contributed by atoms with Gasteiger partial charge in [0, 0.05) is 32.1 Å². The highest BCUT2D eigenvalue weighted by Gasteiger charge is 2.45. The summed E-state index contributed by atoms with van der Waals surface area (Å²) in [7, 11) is 3.08. The Labute approximate surface area is 186 Å². The van der Waals surface area contributed by atoms with Gasteiger partial charge < -0.3 is 23.8 Å². The Morgan fingerprint density at radius 1 is 1.22 bits per heavy atom. The number of esters is 1. The van der Waals surface area contributed by atoms with Gasteiger partial charge in [0.1, 0.15) is 22.8 Å². The van der Waals surface area contributed by atoms with Gasteiger partial charge in [0.05, 0.1) is 32.8 Å². The number of carbonyl (C=O) groups is 2. The molecule has 0 atom stereocenters. The normalized spacial score (nSPS) is 16.9. The van der Waals surface area contributed by atoms with Crippen molar-refractivity contribution in [3.8, 4) is 17.2 Å². The fraction of sp³-hybridized carbons (Fsp3) is 0.478. The molecule has 2 aromatic rings. The van der Waals surface area contributed by atoms with E-state index in [4.69, 9.17) is 18.9 Å². The van der Waals surface area contributed by atoms with Gasteiger partial charge >= 0.3 is 5.97 Å². The maximum Gasteiger partial charge on any atom is 0.343 e. The summed E-state index contributed by atoms with van der Waals surface area (Å²) < 4.78 is 22.5. The molecule has 0 bridgehead atoms. The van der Waals surface area contributed by atoms with E-state index in [0.717, 1.165) is 0 Å². The van der Waals surface area contributed by atoms with Gasteiger partial charge in [-0.3, -0.25) is 4.79 Å². The molecular weight excluding hydrogens is 414 g/mol. The molecule has 0 unspecified atom stereocenters. The predicted octanol–water partition coefficient (Wildman–Crippen LogP) is 2.98. The monoisotopic (exact) mass is 441 g/mol. The minimum Gasteiger partial charge on any atom is -0.493 e. The van der Waals surface area contributed by atoms with Crippen molar-refractivity contribution in [3.05, 3.63) is 35.3 Å². The number of benzene rings is 1. The average Bonchev–Trinajstić information content (AvgIpc) is 2.78. The number of anilines is 1. The Morgan fingerprint density at radius 3 is 2.62 bits per heavy atom. The van der Waals surface area contributed by atoms with Crippen LogP contribution in [0.25, 0.3) is 0 Å². The third-order valence-corrected chi connectivity index (χ3v) is 5.96. The van der Waals surface area contributed by atoms with Crippen molar-refractivity contribution in [1.29, 1.82) is 0 Å². The number of nitrogens with zero attached hydrogens (tertiary/aromatic N) is 3. The van der Waals surface area contributed by atoms with Crippen molar-refractivity contribution in [2.45, 2.75) is 38.7 Å². The van der Waals surface area contributed by atoms with Crippen LogP contribution in [-0.2, 0) is 4.74 Å². The molecule has 0 amide bonds. The van der Waals surface area contributed by atoms with E-state index in [9.17, 15) is 9.59 Å². The molecule has 2 aliphatic heterocycles. The lowest BCUT2D eigenvalue weighted by atomic mass is 9.82. The second-order valence-electron chi connectivity index (χ2n) is 7.92. The summed E-state index contributed by atoms with van der Waals surface area (Å²) in [5.74, 6) is 2.07. The van der Waals surface area contributed by atoms with Gasteiger partial charge in [0.25, 0.3) is 0 Å². The topological polar surface area (TPSA) is 100 Å². The Bertz CT molecular complexity index is 1050. The van der Waals surface area contributed by atoms with Crippen molar-refractivity contribution in [3.63, 3.8) is 0 Å². The summed E-state index contributed by atoms with van der Waals surface area (Å²) in [6.07, 6.45) is 2.97. The molecule has 1 aromatic carbocycles. The van der Waals surface area contributed by atoms with E-state index in [1.807, 2.05) is 4.90 Å². The van der Waals surface area contributed by atoms with Gasteiger partial charge in [0.2, 0.25) is 5.75 Å². The molecule has 32 heavy (non-hydrogen) atoms. The molecule has 0 aliphatic carbocycles. The zero-order chi connectivity index (χ0) is 22.9. The summed E-state index contributed by atoms with van der Waals surface area (Å²) in [4.78, 5) is 36.1. The molecule has 0 N–H and O–H groups in total. The number of fused-ring (bicyclic) bond motifs is 1.